The minimum absolute atomic E-state index is 0.0734. The van der Waals surface area contributed by atoms with Crippen molar-refractivity contribution in [2.75, 3.05) is 36.4 Å². The normalized spacial score (nSPS) is 14.3. The van der Waals surface area contributed by atoms with E-state index < -0.39 is 0 Å². The fraction of sp³-hybridized carbons (Fsp3) is 0.333. The van der Waals surface area contributed by atoms with Crippen molar-refractivity contribution < 1.29 is 9.59 Å². The number of nitrogens with zero attached hydrogens (tertiary/aromatic N) is 4. The zero-order valence-corrected chi connectivity index (χ0v) is 15.5. The van der Waals surface area contributed by atoms with Crippen LogP contribution in [0.2, 0.25) is 5.02 Å². The summed E-state index contributed by atoms with van der Waals surface area (Å²) in [5, 5.41) is 3.39. The molecule has 0 bridgehead atoms. The summed E-state index contributed by atoms with van der Waals surface area (Å²) < 4.78 is 0. The number of hydrogen-bond acceptors (Lipinski definition) is 5. The van der Waals surface area contributed by atoms with Crippen molar-refractivity contribution >= 4 is 34.9 Å². The van der Waals surface area contributed by atoms with Crippen molar-refractivity contribution in [3.8, 4) is 0 Å². The lowest BCUT2D eigenvalue weighted by Gasteiger charge is -2.34. The molecule has 26 heavy (non-hydrogen) atoms. The number of carbonyl (C=O) groups excluding carboxylic acids is 2. The van der Waals surface area contributed by atoms with Crippen LogP contribution in [0.1, 0.15) is 23.0 Å². The molecular weight excluding hydrogens is 354 g/mol. The number of aromatic nitrogens is 2. The number of hydrogen-bond donors (Lipinski definition) is 1. The van der Waals surface area contributed by atoms with Crippen LogP contribution in [0.5, 0.6) is 0 Å². The van der Waals surface area contributed by atoms with Crippen LogP contribution in [0.4, 0.5) is 11.5 Å². The van der Waals surface area contributed by atoms with Crippen LogP contribution < -0.4 is 10.2 Å². The number of nitrogens with one attached hydrogen (secondary N) is 1. The van der Waals surface area contributed by atoms with Crippen molar-refractivity contribution in [1.29, 1.82) is 0 Å². The molecule has 2 amide bonds. The number of anilines is 2. The Morgan fingerprint density at radius 3 is 2.54 bits per heavy atom. The van der Waals surface area contributed by atoms with Gasteiger partial charge >= 0.3 is 0 Å². The monoisotopic (exact) mass is 373 g/mol. The predicted molar refractivity (Wildman–Crippen MR) is 101 cm³/mol. The number of benzene rings is 1. The van der Waals surface area contributed by atoms with Gasteiger partial charge in [0.1, 0.15) is 17.8 Å². The highest BCUT2D eigenvalue weighted by Gasteiger charge is 2.20. The van der Waals surface area contributed by atoms with Crippen LogP contribution in [0.15, 0.2) is 30.6 Å². The lowest BCUT2D eigenvalue weighted by molar-refractivity contribution is -0.129. The van der Waals surface area contributed by atoms with Crippen molar-refractivity contribution in [2.24, 2.45) is 0 Å². The Bertz CT molecular complexity index is 834. The highest BCUT2D eigenvalue weighted by atomic mass is 35.5. The highest BCUT2D eigenvalue weighted by molar-refractivity contribution is 6.31. The fourth-order valence-corrected chi connectivity index (χ4v) is 2.98. The van der Waals surface area contributed by atoms with Crippen molar-refractivity contribution in [3.63, 3.8) is 0 Å². The van der Waals surface area contributed by atoms with Gasteiger partial charge in [-0.15, -0.1) is 0 Å². The summed E-state index contributed by atoms with van der Waals surface area (Å²) in [4.78, 5) is 36.2. The molecule has 1 aliphatic heterocycles. The second-order valence-electron chi connectivity index (χ2n) is 6.17. The van der Waals surface area contributed by atoms with Gasteiger partial charge in [0.05, 0.1) is 0 Å². The average Bonchev–Trinajstić information content (AvgIpc) is 2.65. The summed E-state index contributed by atoms with van der Waals surface area (Å²) in [7, 11) is 0. The largest absolute Gasteiger partial charge is 0.353 e. The van der Waals surface area contributed by atoms with Gasteiger partial charge in [0.2, 0.25) is 5.91 Å². The molecule has 1 aromatic carbocycles. The molecule has 0 atom stereocenters. The number of halogens is 1. The maximum Gasteiger partial charge on any atom is 0.274 e. The number of aryl methyl sites for hydroxylation is 1. The number of carbonyl (C=O) groups is 2. The van der Waals surface area contributed by atoms with E-state index in [1.807, 2.05) is 17.9 Å². The fourth-order valence-electron chi connectivity index (χ4n) is 2.81. The summed E-state index contributed by atoms with van der Waals surface area (Å²) in [5.74, 6) is 0.432. The SMILES string of the molecule is CC(=O)N1CCN(c2cc(C(=O)Nc3cc(Cl)ccc3C)ncn2)CC1. The molecule has 1 N–H and O–H groups in total. The third kappa shape index (κ3) is 4.11. The molecule has 8 heteroatoms. The topological polar surface area (TPSA) is 78.4 Å². The number of piperazine rings is 1. The molecule has 0 aliphatic carbocycles. The summed E-state index contributed by atoms with van der Waals surface area (Å²) >= 11 is 6.00. The molecule has 2 heterocycles. The lowest BCUT2D eigenvalue weighted by Crippen LogP contribution is -2.48. The van der Waals surface area contributed by atoms with E-state index in [0.717, 1.165) is 5.56 Å². The first-order chi connectivity index (χ1) is 12.4. The second-order valence-corrected chi connectivity index (χ2v) is 6.60. The summed E-state index contributed by atoms with van der Waals surface area (Å²) in [5.41, 5.74) is 1.85. The summed E-state index contributed by atoms with van der Waals surface area (Å²) in [6.45, 7) is 6.09. The third-order valence-electron chi connectivity index (χ3n) is 4.38. The van der Waals surface area contributed by atoms with Crippen molar-refractivity contribution in [1.82, 2.24) is 14.9 Å². The molecule has 2 aromatic rings. The van der Waals surface area contributed by atoms with Crippen LogP contribution in [-0.2, 0) is 4.79 Å². The minimum atomic E-state index is -0.318. The molecule has 1 saturated heterocycles. The van der Waals surface area contributed by atoms with E-state index in [0.29, 0.717) is 42.7 Å². The van der Waals surface area contributed by atoms with E-state index in [2.05, 4.69) is 15.3 Å². The molecule has 1 fully saturated rings. The van der Waals surface area contributed by atoms with E-state index in [4.69, 9.17) is 11.6 Å². The molecule has 7 nitrogen and oxygen atoms in total. The van der Waals surface area contributed by atoms with Crippen LogP contribution in [0.3, 0.4) is 0 Å². The summed E-state index contributed by atoms with van der Waals surface area (Å²) in [6, 6.07) is 6.99. The molecular formula is C18H20ClN5O2. The lowest BCUT2D eigenvalue weighted by atomic mass is 10.2. The Kier molecular flexibility index (Phi) is 5.37. The van der Waals surface area contributed by atoms with Crippen LogP contribution in [0.25, 0.3) is 0 Å². The van der Waals surface area contributed by atoms with Gasteiger partial charge in [0.25, 0.3) is 5.91 Å². The average molecular weight is 374 g/mol. The highest BCUT2D eigenvalue weighted by Crippen LogP contribution is 2.21. The Hall–Kier alpha value is -2.67. The van der Waals surface area contributed by atoms with E-state index in [-0.39, 0.29) is 17.5 Å². The van der Waals surface area contributed by atoms with E-state index in [9.17, 15) is 9.59 Å². The Balaban J connectivity index is 1.72. The molecule has 3 rings (SSSR count). The van der Waals surface area contributed by atoms with E-state index in [1.54, 1.807) is 30.0 Å². The predicted octanol–water partition coefficient (Wildman–Crippen LogP) is 2.36. The first-order valence-electron chi connectivity index (χ1n) is 8.34. The quantitative estimate of drug-likeness (QED) is 0.893. The Morgan fingerprint density at radius 1 is 1.12 bits per heavy atom. The molecule has 1 aromatic heterocycles. The number of amides is 2. The zero-order valence-electron chi connectivity index (χ0n) is 14.7. The first kappa shape index (κ1) is 18.1. The Morgan fingerprint density at radius 2 is 1.85 bits per heavy atom. The molecule has 0 spiro atoms. The molecule has 0 unspecified atom stereocenters. The van der Waals surface area contributed by atoms with E-state index >= 15 is 0 Å². The van der Waals surface area contributed by atoms with Crippen molar-refractivity contribution in [2.45, 2.75) is 13.8 Å². The van der Waals surface area contributed by atoms with Gasteiger partial charge < -0.3 is 15.1 Å². The van der Waals surface area contributed by atoms with Gasteiger partial charge in [-0.25, -0.2) is 9.97 Å². The third-order valence-corrected chi connectivity index (χ3v) is 4.62. The van der Waals surface area contributed by atoms with Gasteiger partial charge in [-0.1, -0.05) is 17.7 Å². The maximum atomic E-state index is 12.5. The van der Waals surface area contributed by atoms with Crippen LogP contribution in [-0.4, -0.2) is 52.9 Å². The van der Waals surface area contributed by atoms with Gasteiger partial charge in [0, 0.05) is 49.9 Å². The van der Waals surface area contributed by atoms with E-state index in [1.165, 1.54) is 6.33 Å². The molecule has 1 aliphatic rings. The minimum Gasteiger partial charge on any atom is -0.353 e. The molecule has 136 valence electrons. The molecule has 0 saturated carbocycles. The second kappa shape index (κ2) is 7.70. The zero-order chi connectivity index (χ0) is 18.7. The van der Waals surface area contributed by atoms with Gasteiger partial charge in [-0.2, -0.15) is 0 Å². The smallest absolute Gasteiger partial charge is 0.274 e. The number of rotatable bonds is 3. The summed E-state index contributed by atoms with van der Waals surface area (Å²) in [6.07, 6.45) is 1.38. The molecule has 0 radical (unpaired) electrons. The van der Waals surface area contributed by atoms with Gasteiger partial charge in [0.15, 0.2) is 0 Å². The van der Waals surface area contributed by atoms with Crippen LogP contribution in [0, 0.1) is 6.92 Å². The standard InChI is InChI=1S/C18H20ClN5O2/c1-12-3-4-14(19)9-15(12)22-18(26)16-10-17(21-11-20-16)24-7-5-23(6-8-24)13(2)25/h3-4,9-11H,5-8H2,1-2H3,(H,22,26). The Labute approximate surface area is 157 Å². The van der Waals surface area contributed by atoms with Crippen molar-refractivity contribution in [3.05, 3.63) is 46.9 Å². The van der Waals surface area contributed by atoms with Gasteiger partial charge in [-0.3, -0.25) is 9.59 Å². The first-order valence-corrected chi connectivity index (χ1v) is 8.72. The van der Waals surface area contributed by atoms with Gasteiger partial charge in [-0.05, 0) is 24.6 Å². The maximum absolute atomic E-state index is 12.5. The van der Waals surface area contributed by atoms with Crippen LogP contribution >= 0.6 is 11.6 Å².